The molecule has 1 saturated carbocycles. The normalized spacial score (nSPS) is 15.7. The lowest BCUT2D eigenvalue weighted by molar-refractivity contribution is 0.375. The Morgan fingerprint density at radius 2 is 1.96 bits per heavy atom. The van der Waals surface area contributed by atoms with E-state index in [1.54, 1.807) is 11.8 Å². The summed E-state index contributed by atoms with van der Waals surface area (Å²) in [5.74, 6) is 3.89. The van der Waals surface area contributed by atoms with Crippen molar-refractivity contribution in [1.29, 1.82) is 0 Å². The number of hydrogen-bond donors (Lipinski definition) is 0. The number of hydrogen-bond acceptors (Lipinski definition) is 7. The number of thioether (sulfide) groups is 1. The summed E-state index contributed by atoms with van der Waals surface area (Å²) in [7, 11) is 0. The SMILES string of the molecule is C[C@@H](SCc1noc(C2CC2)n1)c1nc(-c2ccccc2)no1. The molecule has 118 valence electrons. The van der Waals surface area contributed by atoms with Crippen LogP contribution in [-0.4, -0.2) is 20.3 Å². The van der Waals surface area contributed by atoms with Gasteiger partial charge in [0.1, 0.15) is 0 Å². The highest BCUT2D eigenvalue weighted by molar-refractivity contribution is 7.98. The van der Waals surface area contributed by atoms with Crippen molar-refractivity contribution in [2.75, 3.05) is 0 Å². The van der Waals surface area contributed by atoms with Gasteiger partial charge < -0.3 is 9.05 Å². The molecule has 1 fully saturated rings. The molecule has 0 spiro atoms. The van der Waals surface area contributed by atoms with Gasteiger partial charge in [-0.15, -0.1) is 11.8 Å². The van der Waals surface area contributed by atoms with Crippen molar-refractivity contribution in [2.24, 2.45) is 0 Å². The average molecular weight is 328 g/mol. The van der Waals surface area contributed by atoms with Crippen molar-refractivity contribution < 1.29 is 9.05 Å². The highest BCUT2D eigenvalue weighted by atomic mass is 32.2. The van der Waals surface area contributed by atoms with Crippen LogP contribution in [-0.2, 0) is 5.75 Å². The molecule has 0 radical (unpaired) electrons. The summed E-state index contributed by atoms with van der Waals surface area (Å²) in [6.45, 7) is 2.04. The first-order valence-corrected chi connectivity index (χ1v) is 8.67. The van der Waals surface area contributed by atoms with Gasteiger partial charge in [0, 0.05) is 11.5 Å². The van der Waals surface area contributed by atoms with Crippen LogP contribution in [0, 0.1) is 0 Å². The van der Waals surface area contributed by atoms with Crippen LogP contribution in [0.5, 0.6) is 0 Å². The Labute approximate surface area is 137 Å². The summed E-state index contributed by atoms with van der Waals surface area (Å²) >= 11 is 1.66. The molecule has 0 aliphatic heterocycles. The zero-order valence-electron chi connectivity index (χ0n) is 12.7. The summed E-state index contributed by atoms with van der Waals surface area (Å²) < 4.78 is 10.6. The standard InChI is InChI=1S/C16H16N4O2S/c1-10(23-9-13-17-16(22-19-13)12-7-8-12)15-18-14(20-21-15)11-5-3-2-4-6-11/h2-6,10,12H,7-9H2,1H3/t10-/m1/s1. The lowest BCUT2D eigenvalue weighted by Gasteiger charge is -2.02. The predicted molar refractivity (Wildman–Crippen MR) is 85.7 cm³/mol. The Kier molecular flexibility index (Phi) is 3.87. The maximum atomic E-state index is 5.38. The third-order valence-electron chi connectivity index (χ3n) is 3.69. The van der Waals surface area contributed by atoms with E-state index in [0.29, 0.717) is 23.4 Å². The number of aromatic nitrogens is 4. The Hall–Kier alpha value is -2.15. The highest BCUT2D eigenvalue weighted by Gasteiger charge is 2.29. The summed E-state index contributed by atoms with van der Waals surface area (Å²) in [6.07, 6.45) is 2.32. The van der Waals surface area contributed by atoms with E-state index >= 15 is 0 Å². The maximum absolute atomic E-state index is 5.38. The van der Waals surface area contributed by atoms with Gasteiger partial charge in [-0.2, -0.15) is 9.97 Å². The largest absolute Gasteiger partial charge is 0.339 e. The van der Waals surface area contributed by atoms with Crippen LogP contribution in [0.15, 0.2) is 39.4 Å². The van der Waals surface area contributed by atoms with E-state index < -0.39 is 0 Å². The lowest BCUT2D eigenvalue weighted by atomic mass is 10.2. The average Bonchev–Trinajstić information content (AvgIpc) is 3.14. The van der Waals surface area contributed by atoms with E-state index in [-0.39, 0.29) is 5.25 Å². The highest BCUT2D eigenvalue weighted by Crippen LogP contribution is 2.39. The van der Waals surface area contributed by atoms with E-state index in [4.69, 9.17) is 9.05 Å². The Morgan fingerprint density at radius 3 is 2.74 bits per heavy atom. The molecule has 0 bridgehead atoms. The third kappa shape index (κ3) is 3.29. The van der Waals surface area contributed by atoms with Gasteiger partial charge in [-0.25, -0.2) is 0 Å². The molecule has 7 heteroatoms. The van der Waals surface area contributed by atoms with Crippen molar-refractivity contribution in [3.05, 3.63) is 47.9 Å². The first-order chi connectivity index (χ1) is 11.3. The molecule has 1 aliphatic rings. The van der Waals surface area contributed by atoms with Gasteiger partial charge in [-0.05, 0) is 19.8 Å². The van der Waals surface area contributed by atoms with Crippen LogP contribution in [0.2, 0.25) is 0 Å². The van der Waals surface area contributed by atoms with E-state index in [1.807, 2.05) is 37.3 Å². The van der Waals surface area contributed by atoms with Crippen molar-refractivity contribution in [2.45, 2.75) is 36.7 Å². The van der Waals surface area contributed by atoms with Crippen LogP contribution in [0.1, 0.15) is 48.5 Å². The summed E-state index contributed by atoms with van der Waals surface area (Å²) in [5, 5.41) is 8.14. The molecule has 2 heterocycles. The molecule has 4 rings (SSSR count). The first-order valence-electron chi connectivity index (χ1n) is 7.62. The first kappa shape index (κ1) is 14.4. The molecular formula is C16H16N4O2S. The van der Waals surface area contributed by atoms with Gasteiger partial charge >= 0.3 is 0 Å². The van der Waals surface area contributed by atoms with E-state index in [1.165, 1.54) is 0 Å². The smallest absolute Gasteiger partial charge is 0.239 e. The fourth-order valence-corrected chi connectivity index (χ4v) is 2.95. The van der Waals surface area contributed by atoms with Gasteiger partial charge in [0.15, 0.2) is 5.82 Å². The van der Waals surface area contributed by atoms with E-state index in [0.717, 1.165) is 30.1 Å². The minimum absolute atomic E-state index is 0.0721. The zero-order chi connectivity index (χ0) is 15.6. The summed E-state index contributed by atoms with van der Waals surface area (Å²) in [6, 6.07) is 9.80. The quantitative estimate of drug-likeness (QED) is 0.677. The van der Waals surface area contributed by atoms with Gasteiger partial charge in [-0.3, -0.25) is 0 Å². The fraction of sp³-hybridized carbons (Fsp3) is 0.375. The second-order valence-corrected chi connectivity index (χ2v) is 6.93. The second-order valence-electron chi connectivity index (χ2n) is 5.60. The Bertz CT molecular complexity index is 782. The van der Waals surface area contributed by atoms with Crippen LogP contribution < -0.4 is 0 Å². The van der Waals surface area contributed by atoms with Gasteiger partial charge in [0.25, 0.3) is 0 Å². The third-order valence-corrected chi connectivity index (χ3v) is 4.82. The molecule has 0 saturated heterocycles. The monoisotopic (exact) mass is 328 g/mol. The molecular weight excluding hydrogens is 312 g/mol. The van der Waals surface area contributed by atoms with Crippen molar-refractivity contribution in [1.82, 2.24) is 20.3 Å². The Balaban J connectivity index is 1.38. The Morgan fingerprint density at radius 1 is 1.13 bits per heavy atom. The molecule has 1 aliphatic carbocycles. The minimum Gasteiger partial charge on any atom is -0.339 e. The number of rotatable bonds is 6. The molecule has 6 nitrogen and oxygen atoms in total. The van der Waals surface area contributed by atoms with Crippen LogP contribution in [0.4, 0.5) is 0 Å². The molecule has 1 atom stereocenters. The summed E-state index contributed by atoms with van der Waals surface area (Å²) in [5.41, 5.74) is 0.951. The van der Waals surface area contributed by atoms with E-state index in [2.05, 4.69) is 20.3 Å². The van der Waals surface area contributed by atoms with Gasteiger partial charge in [0.05, 0.1) is 11.0 Å². The number of benzene rings is 1. The van der Waals surface area contributed by atoms with E-state index in [9.17, 15) is 0 Å². The van der Waals surface area contributed by atoms with Crippen molar-refractivity contribution in [3.63, 3.8) is 0 Å². The van der Waals surface area contributed by atoms with Gasteiger partial charge in [-0.1, -0.05) is 40.6 Å². The molecule has 0 unspecified atom stereocenters. The lowest BCUT2D eigenvalue weighted by Crippen LogP contribution is -1.92. The molecule has 0 amide bonds. The summed E-state index contributed by atoms with van der Waals surface area (Å²) in [4.78, 5) is 8.90. The number of nitrogens with zero attached hydrogens (tertiary/aromatic N) is 4. The van der Waals surface area contributed by atoms with Crippen LogP contribution in [0.25, 0.3) is 11.4 Å². The topological polar surface area (TPSA) is 77.8 Å². The second kappa shape index (κ2) is 6.16. The van der Waals surface area contributed by atoms with Crippen molar-refractivity contribution >= 4 is 11.8 Å². The molecule has 3 aromatic rings. The molecule has 1 aromatic carbocycles. The predicted octanol–water partition coefficient (Wildman–Crippen LogP) is 3.99. The van der Waals surface area contributed by atoms with Crippen LogP contribution >= 0.6 is 11.8 Å². The van der Waals surface area contributed by atoms with Crippen LogP contribution in [0.3, 0.4) is 0 Å². The molecule has 2 aromatic heterocycles. The zero-order valence-corrected chi connectivity index (χ0v) is 13.5. The van der Waals surface area contributed by atoms with Gasteiger partial charge in [0.2, 0.25) is 17.6 Å². The van der Waals surface area contributed by atoms with Crippen molar-refractivity contribution in [3.8, 4) is 11.4 Å². The maximum Gasteiger partial charge on any atom is 0.239 e. The molecule has 0 N–H and O–H groups in total. The molecule has 23 heavy (non-hydrogen) atoms. The fourth-order valence-electron chi connectivity index (χ4n) is 2.20. The minimum atomic E-state index is 0.0721.